The molecule has 726 valence electrons. The van der Waals surface area contributed by atoms with Gasteiger partial charge in [0.15, 0.2) is 0 Å². The van der Waals surface area contributed by atoms with Gasteiger partial charge in [-0.3, -0.25) is 76.7 Å². The molecule has 37 nitrogen and oxygen atoms in total. The highest BCUT2D eigenvalue weighted by molar-refractivity contribution is 6.01. The van der Waals surface area contributed by atoms with Crippen molar-refractivity contribution in [3.05, 3.63) is 65.9 Å². The zero-order valence-corrected chi connectivity index (χ0v) is 79.9. The Hall–Kier alpha value is -11.3. The number of aromatic nitrogens is 1. The number of rotatable bonds is 55. The molecule has 1 fully saturated rings. The summed E-state index contributed by atoms with van der Waals surface area (Å²) in [7, 11) is 0. The lowest BCUT2D eigenvalue weighted by Crippen LogP contribution is -2.59. The van der Waals surface area contributed by atoms with Crippen molar-refractivity contribution in [3.8, 4) is 5.75 Å². The lowest BCUT2D eigenvalue weighted by atomic mass is 9.97. The lowest BCUT2D eigenvalue weighted by Gasteiger charge is -2.29. The minimum Gasteiger partial charge on any atom is -0.508 e. The smallest absolute Gasteiger partial charge is 0.326 e. The molecule has 0 saturated carbocycles. The quantitative estimate of drug-likeness (QED) is 0.0385. The van der Waals surface area contributed by atoms with Crippen LogP contribution in [0.4, 0.5) is 0 Å². The molecule has 0 unspecified atom stereocenters. The van der Waals surface area contributed by atoms with E-state index in [2.05, 4.69) is 84.7 Å². The van der Waals surface area contributed by atoms with Crippen molar-refractivity contribution >= 4 is 111 Å². The number of hydrogen-bond acceptors (Lipinski definition) is 19. The number of phenols is 1. The minimum absolute atomic E-state index is 0.0178. The average Bonchev–Trinajstić information content (AvgIpc) is 1.72. The Morgan fingerprint density at radius 1 is 0.400 bits per heavy atom. The minimum atomic E-state index is -1.34. The molecule has 0 spiro atoms. The monoisotopic (exact) mass is 1820 g/mol. The van der Waals surface area contributed by atoms with Crippen LogP contribution in [-0.4, -0.2) is 231 Å². The van der Waals surface area contributed by atoms with Crippen molar-refractivity contribution in [2.24, 2.45) is 64.9 Å². The number of amides is 16. The second-order valence-corrected chi connectivity index (χ2v) is 38.0. The fraction of sp³-hybridized carbons (Fsp3) is 0.667. The first-order valence-electron chi connectivity index (χ1n) is 46.0. The molecule has 16 atom stereocenters. The fourth-order valence-corrected chi connectivity index (χ4v) is 15.1. The molecular formula is C93H150N18O19. The molecule has 37 heteroatoms. The number of carboxylic acids is 1. The summed E-state index contributed by atoms with van der Waals surface area (Å²) in [5, 5.41) is 60.8. The first-order valence-corrected chi connectivity index (χ1v) is 46.0. The number of para-hydroxylation sites is 1. The van der Waals surface area contributed by atoms with Gasteiger partial charge in [-0.05, 0) is 153 Å². The van der Waals surface area contributed by atoms with Crippen molar-refractivity contribution in [1.82, 2.24) is 89.6 Å². The summed E-state index contributed by atoms with van der Waals surface area (Å²) in [6.45, 7) is 35.4. The van der Waals surface area contributed by atoms with Gasteiger partial charge in [0.05, 0.1) is 25.7 Å². The maximum Gasteiger partial charge on any atom is 0.326 e. The van der Waals surface area contributed by atoms with Crippen molar-refractivity contribution < 1.29 is 91.7 Å². The standard InChI is InChI=1S/C93H150N18O19/c1-22-56(19)77(94)91(127)108-71(42-59-30-32-61(112)33-31-59)86(122)106-72(43-60-44-95-63-28-25-24-27-62(60)63)87(123)102-64(35-48(3)4)81(117)98-47-76(115)111-34-26-29-73(111)90(126)107-68(39-52(11)12)85(121)103-67(38-51(9)10)82(118)99-58(21)80(116)96-45-74(113)100-65(36-49(5)6)83(119)104-69(40-53(13)14)88(124)109-78(55(17)18)92(128)97-46-75(114)101-66(37-50(7)8)84(120)105-70(41-54(15)16)89(125)110-79(93(129)130)57(20)23-2/h24-25,27-28,30-33,44,48-58,64-73,77-79,95,112H,22-23,26,29,34-43,45-47,94H2,1-21H3,(H,96,116)(H,97,128)(H,98,117)(H,99,118)(H,100,113)(H,101,114)(H,102,123)(H,103,121)(H,104,119)(H,105,120)(H,106,122)(H,107,126)(H,108,127)(H,109,124)(H,110,125)(H,129,130)/t56-,57-,58-,64-,65-,66-,67-,68-,69-,70-,71-,72-,73-,77-,78-,79-/m0/s1. The highest BCUT2D eigenvalue weighted by atomic mass is 16.4. The molecule has 2 aromatic carbocycles. The highest BCUT2D eigenvalue weighted by Crippen LogP contribution is 2.24. The number of nitrogens with one attached hydrogen (secondary N) is 16. The topological polar surface area (TPSA) is 556 Å². The second-order valence-electron chi connectivity index (χ2n) is 38.0. The fourth-order valence-electron chi connectivity index (χ4n) is 15.1. The summed E-state index contributed by atoms with van der Waals surface area (Å²) in [6, 6.07) is -3.59. The normalized spacial score (nSPS) is 16.2. The predicted octanol–water partition coefficient (Wildman–Crippen LogP) is 3.32. The van der Waals surface area contributed by atoms with Gasteiger partial charge in [0.1, 0.15) is 84.3 Å². The van der Waals surface area contributed by atoms with E-state index in [0.29, 0.717) is 30.4 Å². The van der Waals surface area contributed by atoms with Gasteiger partial charge in [-0.1, -0.05) is 182 Å². The number of H-pyrrole nitrogens is 1. The Kier molecular flexibility index (Phi) is 46.5. The molecule has 1 saturated heterocycles. The number of carboxylic acid groups (broad SMARTS) is 1. The summed E-state index contributed by atoms with van der Waals surface area (Å²) in [4.78, 5) is 242. The van der Waals surface area contributed by atoms with Gasteiger partial charge in [-0.25, -0.2) is 4.79 Å². The molecule has 0 bridgehead atoms. The third kappa shape index (κ3) is 37.7. The average molecular weight is 1820 g/mol. The van der Waals surface area contributed by atoms with Crippen LogP contribution in [0.2, 0.25) is 0 Å². The zero-order chi connectivity index (χ0) is 97.8. The first-order chi connectivity index (χ1) is 60.9. The summed E-state index contributed by atoms with van der Waals surface area (Å²) < 4.78 is 0. The molecular weight excluding hydrogens is 1670 g/mol. The molecule has 4 rings (SSSR count). The Morgan fingerprint density at radius 3 is 1.21 bits per heavy atom. The van der Waals surface area contributed by atoms with Crippen LogP contribution in [0.1, 0.15) is 227 Å². The summed E-state index contributed by atoms with van der Waals surface area (Å²) >= 11 is 0. The molecule has 3 aromatic rings. The highest BCUT2D eigenvalue weighted by Gasteiger charge is 2.41. The van der Waals surface area contributed by atoms with Gasteiger partial charge < -0.3 is 106 Å². The Balaban J connectivity index is 1.41. The molecule has 16 amide bonds. The number of benzene rings is 2. The number of phenolic OH excluding ortho intramolecular Hbond substituents is 1. The second kappa shape index (κ2) is 54.4. The van der Waals surface area contributed by atoms with Crippen molar-refractivity contribution in [2.75, 3.05) is 26.2 Å². The molecule has 130 heavy (non-hydrogen) atoms. The predicted molar refractivity (Wildman–Crippen MR) is 492 cm³/mol. The van der Waals surface area contributed by atoms with Crippen LogP contribution < -0.4 is 85.5 Å². The number of nitrogens with zero attached hydrogens (tertiary/aromatic N) is 1. The van der Waals surface area contributed by atoms with Gasteiger partial charge in [0.2, 0.25) is 94.5 Å². The van der Waals surface area contributed by atoms with Gasteiger partial charge in [0, 0.05) is 36.5 Å². The number of aliphatic carboxylic acids is 1. The van der Waals surface area contributed by atoms with Gasteiger partial charge in [0.25, 0.3) is 0 Å². The molecule has 2 heterocycles. The van der Waals surface area contributed by atoms with E-state index < -0.39 is 217 Å². The van der Waals surface area contributed by atoms with Gasteiger partial charge in [-0.2, -0.15) is 0 Å². The van der Waals surface area contributed by atoms with E-state index in [4.69, 9.17) is 5.73 Å². The third-order valence-electron chi connectivity index (χ3n) is 22.6. The largest absolute Gasteiger partial charge is 0.508 e. The van der Waals surface area contributed by atoms with E-state index in [1.807, 2.05) is 86.6 Å². The summed E-state index contributed by atoms with van der Waals surface area (Å²) in [6.07, 6.45) is 3.86. The summed E-state index contributed by atoms with van der Waals surface area (Å²) in [5.41, 5.74) is 8.31. The third-order valence-corrected chi connectivity index (χ3v) is 22.6. The van der Waals surface area contributed by atoms with Crippen LogP contribution in [0.15, 0.2) is 54.7 Å². The number of hydrogen-bond donors (Lipinski definition) is 19. The van der Waals surface area contributed by atoms with Crippen LogP contribution >= 0.6 is 0 Å². The van der Waals surface area contributed by atoms with E-state index in [1.54, 1.807) is 94.5 Å². The van der Waals surface area contributed by atoms with Gasteiger partial charge >= 0.3 is 5.97 Å². The van der Waals surface area contributed by atoms with Gasteiger partial charge in [-0.15, -0.1) is 0 Å². The molecule has 1 aromatic heterocycles. The van der Waals surface area contributed by atoms with Crippen molar-refractivity contribution in [1.29, 1.82) is 0 Å². The number of likely N-dealkylation sites (tertiary alicyclic amines) is 1. The lowest BCUT2D eigenvalue weighted by molar-refractivity contribution is -0.144. The maximum absolute atomic E-state index is 14.8. The first kappa shape index (κ1) is 111. The Labute approximate surface area is 765 Å². The van der Waals surface area contributed by atoms with Crippen LogP contribution in [-0.2, 0) is 94.3 Å². The van der Waals surface area contributed by atoms with Crippen molar-refractivity contribution in [3.63, 3.8) is 0 Å². The maximum atomic E-state index is 14.8. The number of fused-ring (bicyclic) bond motifs is 1. The van der Waals surface area contributed by atoms with Crippen LogP contribution in [0.25, 0.3) is 10.9 Å². The van der Waals surface area contributed by atoms with E-state index >= 15 is 0 Å². The van der Waals surface area contributed by atoms with Crippen molar-refractivity contribution in [2.45, 2.75) is 313 Å². The summed E-state index contributed by atoms with van der Waals surface area (Å²) in [5.74, 6) is -15.5. The van der Waals surface area contributed by atoms with E-state index in [9.17, 15) is 91.7 Å². The molecule has 0 radical (unpaired) electrons. The molecule has 20 N–H and O–H groups in total. The molecule has 1 aliphatic heterocycles. The molecule has 0 aliphatic carbocycles. The van der Waals surface area contributed by atoms with Crippen LogP contribution in [0.3, 0.4) is 0 Å². The van der Waals surface area contributed by atoms with Crippen LogP contribution in [0.5, 0.6) is 5.75 Å². The zero-order valence-electron chi connectivity index (χ0n) is 79.9. The number of carbonyl (C=O) groups excluding carboxylic acids is 16. The number of carbonyl (C=O) groups is 17. The van der Waals surface area contributed by atoms with E-state index in [1.165, 1.54) is 24.0 Å². The Bertz CT molecular complexity index is 4300. The molecule has 1 aliphatic rings. The number of aromatic amines is 1. The SMILES string of the molecule is CC[C@H](C)[C@H](N)C(=O)N[C@@H](Cc1ccc(O)cc1)C(=O)N[C@@H](Cc1c[nH]c2ccccc12)C(=O)N[C@@H](CC(C)C)C(=O)NCC(=O)N1CCC[C@H]1C(=O)N[C@@H](CC(C)C)C(=O)N[C@@H](CC(C)C)C(=O)N[C@@H](C)C(=O)NCC(=O)N[C@@H](CC(C)C)C(=O)N[C@@H](CC(C)C)C(=O)N[C@H](C(=O)NCC(=O)N[C@@H](CC(C)C)C(=O)N[C@@H](CC(C)C)C(=O)N[C@H](C(=O)O)[C@@H](C)CC)C(C)C. The van der Waals surface area contributed by atoms with E-state index in [-0.39, 0.29) is 124 Å². The van der Waals surface area contributed by atoms with E-state index in [0.717, 1.165) is 10.9 Å². The van der Waals surface area contributed by atoms with Crippen LogP contribution in [0, 0.1) is 59.2 Å². The number of aromatic hydroxyl groups is 1. The number of nitrogens with two attached hydrogens (primary N) is 1. The Morgan fingerprint density at radius 2 is 0.769 bits per heavy atom.